The van der Waals surface area contributed by atoms with Crippen LogP contribution in [0.1, 0.15) is 16.8 Å². The average molecular weight is 245 g/mol. The lowest BCUT2D eigenvalue weighted by Crippen LogP contribution is -2.08. The summed E-state index contributed by atoms with van der Waals surface area (Å²) in [5, 5.41) is 19.4. The lowest BCUT2D eigenvalue weighted by atomic mass is 10.0. The van der Waals surface area contributed by atoms with Crippen LogP contribution < -0.4 is 0 Å². The van der Waals surface area contributed by atoms with Gasteiger partial charge in [-0.15, -0.1) is 0 Å². The summed E-state index contributed by atoms with van der Waals surface area (Å²) in [5.41, 5.74) is 2.46. The molecule has 0 aliphatic rings. The van der Waals surface area contributed by atoms with Crippen molar-refractivity contribution >= 4 is 11.9 Å². The molecule has 1 N–H and O–H groups in total. The second-order valence-corrected chi connectivity index (χ2v) is 3.34. The summed E-state index contributed by atoms with van der Waals surface area (Å²) in [7, 11) is 1.45. The third-order valence-corrected chi connectivity index (χ3v) is 2.28. The summed E-state index contributed by atoms with van der Waals surface area (Å²) in [6.07, 6.45) is 2.77. The van der Waals surface area contributed by atoms with Crippen LogP contribution in [0.3, 0.4) is 0 Å². The molecule has 0 spiro atoms. The van der Waals surface area contributed by atoms with Crippen molar-refractivity contribution < 1.29 is 14.6 Å². The van der Waals surface area contributed by atoms with Gasteiger partial charge in [0.25, 0.3) is 0 Å². The van der Waals surface area contributed by atoms with Crippen LogP contribution in [0.4, 0.5) is 0 Å². The summed E-state index contributed by atoms with van der Waals surface area (Å²) in [6, 6.07) is 8.96. The highest BCUT2D eigenvalue weighted by Gasteiger charge is 2.14. The molecule has 0 aliphatic carbocycles. The fraction of sp³-hybridized carbons (Fsp3) is 0.0833. The molecule has 1 heterocycles. The average Bonchev–Trinajstić information content (AvgIpc) is 2.91. The van der Waals surface area contributed by atoms with E-state index in [0.717, 1.165) is 5.56 Å². The number of benzene rings is 1. The number of aromatic nitrogens is 1. The van der Waals surface area contributed by atoms with Crippen LogP contribution in [0.2, 0.25) is 0 Å². The molecule has 2 rings (SSSR count). The summed E-state index contributed by atoms with van der Waals surface area (Å²) < 4.78 is 4.79. The Hall–Kier alpha value is -2.63. The first kappa shape index (κ1) is 11.8. The molecule has 1 aromatic carbocycles. The molecule has 0 bridgehead atoms. The third-order valence-electron chi connectivity index (χ3n) is 2.28. The third kappa shape index (κ3) is 2.37. The van der Waals surface area contributed by atoms with Gasteiger partial charge in [-0.05, 0) is 0 Å². The number of rotatable bonds is 4. The summed E-state index contributed by atoms with van der Waals surface area (Å²) in [6.45, 7) is 0. The van der Waals surface area contributed by atoms with Gasteiger partial charge in [0, 0.05) is 17.2 Å². The number of nitrogens with zero attached hydrogens (tertiary/aromatic N) is 3. The number of hydrogen-bond acceptors (Lipinski definition) is 6. The SMILES string of the molecule is CO/N=C(/c1ccon1)c1ccccc1/C=N\O. The Labute approximate surface area is 103 Å². The van der Waals surface area contributed by atoms with Crippen molar-refractivity contribution in [3.8, 4) is 0 Å². The van der Waals surface area contributed by atoms with E-state index in [1.165, 1.54) is 19.6 Å². The quantitative estimate of drug-likeness (QED) is 0.506. The number of hydrogen-bond donors (Lipinski definition) is 1. The molecule has 0 radical (unpaired) electrons. The molecule has 6 nitrogen and oxygen atoms in total. The Bertz CT molecular complexity index is 562. The molecular weight excluding hydrogens is 234 g/mol. The zero-order valence-corrected chi connectivity index (χ0v) is 9.65. The first-order valence-corrected chi connectivity index (χ1v) is 5.15. The second-order valence-electron chi connectivity index (χ2n) is 3.34. The van der Waals surface area contributed by atoms with Crippen LogP contribution >= 0.6 is 0 Å². The van der Waals surface area contributed by atoms with E-state index in [-0.39, 0.29) is 0 Å². The predicted octanol–water partition coefficient (Wildman–Crippen LogP) is 1.88. The molecule has 18 heavy (non-hydrogen) atoms. The van der Waals surface area contributed by atoms with Crippen LogP contribution in [-0.2, 0) is 4.84 Å². The molecule has 92 valence electrons. The monoisotopic (exact) mass is 245 g/mol. The van der Waals surface area contributed by atoms with Gasteiger partial charge in [0.05, 0.1) is 6.21 Å². The highest BCUT2D eigenvalue weighted by atomic mass is 16.6. The minimum atomic E-state index is 0.502. The smallest absolute Gasteiger partial charge is 0.139 e. The Balaban J connectivity index is 2.54. The zero-order valence-electron chi connectivity index (χ0n) is 9.65. The predicted molar refractivity (Wildman–Crippen MR) is 65.0 cm³/mol. The van der Waals surface area contributed by atoms with E-state index in [4.69, 9.17) is 14.6 Å². The van der Waals surface area contributed by atoms with E-state index in [1.807, 2.05) is 18.2 Å². The summed E-state index contributed by atoms with van der Waals surface area (Å²) in [5.74, 6) is 0. The molecule has 0 unspecified atom stereocenters. The molecule has 1 aromatic heterocycles. The molecule has 0 amide bonds. The minimum Gasteiger partial charge on any atom is -0.411 e. The van der Waals surface area contributed by atoms with Crippen molar-refractivity contribution in [2.24, 2.45) is 10.3 Å². The molecule has 2 aromatic rings. The van der Waals surface area contributed by atoms with Crippen LogP contribution in [0.15, 0.2) is 51.4 Å². The van der Waals surface area contributed by atoms with Gasteiger partial charge in [-0.1, -0.05) is 39.7 Å². The van der Waals surface area contributed by atoms with Crippen molar-refractivity contribution in [3.63, 3.8) is 0 Å². The van der Waals surface area contributed by atoms with Crippen LogP contribution in [-0.4, -0.2) is 29.4 Å². The maximum atomic E-state index is 8.65. The first-order valence-electron chi connectivity index (χ1n) is 5.15. The molecular formula is C12H11N3O3. The van der Waals surface area contributed by atoms with Gasteiger partial charge in [0.1, 0.15) is 24.8 Å². The Kier molecular flexibility index (Phi) is 3.70. The summed E-state index contributed by atoms with van der Waals surface area (Å²) in [4.78, 5) is 4.81. The fourth-order valence-corrected chi connectivity index (χ4v) is 1.55. The molecule has 0 atom stereocenters. The largest absolute Gasteiger partial charge is 0.411 e. The van der Waals surface area contributed by atoms with Crippen molar-refractivity contribution in [2.45, 2.75) is 0 Å². The van der Waals surface area contributed by atoms with Gasteiger partial charge in [-0.3, -0.25) is 0 Å². The van der Waals surface area contributed by atoms with Gasteiger partial charge in [0.2, 0.25) is 0 Å². The Morgan fingerprint density at radius 1 is 1.39 bits per heavy atom. The van der Waals surface area contributed by atoms with Gasteiger partial charge in [-0.2, -0.15) is 0 Å². The van der Waals surface area contributed by atoms with Crippen LogP contribution in [0.25, 0.3) is 0 Å². The normalized spacial score (nSPS) is 11.9. The van der Waals surface area contributed by atoms with Gasteiger partial charge in [-0.25, -0.2) is 0 Å². The molecule has 0 saturated carbocycles. The van der Waals surface area contributed by atoms with Gasteiger partial charge >= 0.3 is 0 Å². The van der Waals surface area contributed by atoms with E-state index in [9.17, 15) is 0 Å². The zero-order chi connectivity index (χ0) is 12.8. The van der Waals surface area contributed by atoms with Crippen LogP contribution in [0.5, 0.6) is 0 Å². The van der Waals surface area contributed by atoms with Gasteiger partial charge in [0.15, 0.2) is 0 Å². The maximum absolute atomic E-state index is 8.65. The van der Waals surface area contributed by atoms with E-state index < -0.39 is 0 Å². The second kappa shape index (κ2) is 5.62. The minimum absolute atomic E-state index is 0.502. The summed E-state index contributed by atoms with van der Waals surface area (Å²) >= 11 is 0. The van der Waals surface area contributed by atoms with Gasteiger partial charge < -0.3 is 14.6 Å². The highest BCUT2D eigenvalue weighted by Crippen LogP contribution is 2.13. The molecule has 0 aliphatic heterocycles. The van der Waals surface area contributed by atoms with Crippen molar-refractivity contribution in [2.75, 3.05) is 7.11 Å². The van der Waals surface area contributed by atoms with E-state index in [2.05, 4.69) is 15.5 Å². The Morgan fingerprint density at radius 2 is 2.22 bits per heavy atom. The standard InChI is InChI=1S/C12H11N3O3/c1-17-15-12(11-6-7-18-14-11)10-5-3-2-4-9(10)8-13-16/h2-8,16H,1H3/b13-8-,15-12+. The lowest BCUT2D eigenvalue weighted by molar-refractivity contribution is 0.213. The van der Waals surface area contributed by atoms with Crippen LogP contribution in [0, 0.1) is 0 Å². The molecule has 6 heteroatoms. The van der Waals surface area contributed by atoms with E-state index >= 15 is 0 Å². The van der Waals surface area contributed by atoms with Crippen molar-refractivity contribution in [1.29, 1.82) is 0 Å². The fourth-order valence-electron chi connectivity index (χ4n) is 1.55. The molecule has 0 saturated heterocycles. The van der Waals surface area contributed by atoms with Crippen molar-refractivity contribution in [1.82, 2.24) is 5.16 Å². The maximum Gasteiger partial charge on any atom is 0.139 e. The first-order chi connectivity index (χ1) is 8.86. The van der Waals surface area contributed by atoms with E-state index in [0.29, 0.717) is 17.0 Å². The Morgan fingerprint density at radius 3 is 2.89 bits per heavy atom. The molecule has 0 fully saturated rings. The lowest BCUT2D eigenvalue weighted by Gasteiger charge is -2.05. The topological polar surface area (TPSA) is 80.2 Å². The van der Waals surface area contributed by atoms with Crippen molar-refractivity contribution in [3.05, 3.63) is 53.4 Å². The number of oxime groups is 2. The highest BCUT2D eigenvalue weighted by molar-refractivity contribution is 6.15. The van der Waals surface area contributed by atoms with E-state index in [1.54, 1.807) is 12.1 Å².